The summed E-state index contributed by atoms with van der Waals surface area (Å²) in [7, 11) is 0. The van der Waals surface area contributed by atoms with Crippen molar-refractivity contribution in [3.8, 4) is 11.1 Å². The molecule has 0 unspecified atom stereocenters. The van der Waals surface area contributed by atoms with Crippen molar-refractivity contribution in [2.75, 3.05) is 6.54 Å². The van der Waals surface area contributed by atoms with Gasteiger partial charge in [0, 0.05) is 6.54 Å². The van der Waals surface area contributed by atoms with E-state index in [2.05, 4.69) is 28.4 Å². The van der Waals surface area contributed by atoms with E-state index >= 15 is 0 Å². The second-order valence-electron chi connectivity index (χ2n) is 8.19. The summed E-state index contributed by atoms with van der Waals surface area (Å²) in [5, 5.41) is 10.4. The first-order chi connectivity index (χ1) is 14.5. The van der Waals surface area contributed by atoms with Gasteiger partial charge in [0.1, 0.15) is 5.35 Å². The molecule has 154 valence electrons. The van der Waals surface area contributed by atoms with Gasteiger partial charge in [0.2, 0.25) is 0 Å². The van der Waals surface area contributed by atoms with Crippen LogP contribution >= 0.6 is 0 Å². The van der Waals surface area contributed by atoms with Gasteiger partial charge in [-0.15, -0.1) is 0 Å². The van der Waals surface area contributed by atoms with Crippen LogP contribution in [0.3, 0.4) is 0 Å². The van der Waals surface area contributed by atoms with Gasteiger partial charge in [-0.25, -0.2) is 9.78 Å². The molecule has 0 bridgehead atoms. The number of rotatable bonds is 4. The van der Waals surface area contributed by atoms with Crippen LogP contribution in [-0.2, 0) is 6.54 Å². The highest BCUT2D eigenvalue weighted by Crippen LogP contribution is 2.26. The van der Waals surface area contributed by atoms with E-state index < -0.39 is 5.97 Å². The molecule has 0 spiro atoms. The third kappa shape index (κ3) is 4.51. The Hall–Kier alpha value is -3.21. The first-order valence-corrected chi connectivity index (χ1v) is 10.5. The van der Waals surface area contributed by atoms with E-state index in [1.807, 2.05) is 42.7 Å². The van der Waals surface area contributed by atoms with Gasteiger partial charge in [-0.05, 0) is 47.6 Å². The molecule has 30 heavy (non-hydrogen) atoms. The summed E-state index contributed by atoms with van der Waals surface area (Å²) in [6, 6.07) is 15.1. The number of carboxylic acids is 1. The Kier molecular flexibility index (Phi) is 5.79. The van der Waals surface area contributed by atoms with E-state index in [1.54, 1.807) is 12.1 Å². The van der Waals surface area contributed by atoms with E-state index in [1.165, 1.54) is 18.4 Å². The first-order valence-electron chi connectivity index (χ1n) is 10.5. The van der Waals surface area contributed by atoms with Crippen LogP contribution in [0, 0.1) is 5.92 Å². The van der Waals surface area contributed by atoms with Crippen molar-refractivity contribution in [3.63, 3.8) is 0 Å². The average molecular weight is 402 g/mol. The molecule has 0 saturated heterocycles. The zero-order valence-electron chi connectivity index (χ0n) is 17.5. The zero-order chi connectivity index (χ0) is 21.1. The highest BCUT2D eigenvalue weighted by atomic mass is 16.4. The molecule has 0 radical (unpaired) electrons. The molecule has 0 atom stereocenters. The summed E-state index contributed by atoms with van der Waals surface area (Å²) in [5.74, 6) is 0.169. The molecule has 5 rings (SSSR count). The number of hydrogen-bond donors (Lipinski definition) is 1. The molecule has 2 aromatic carbocycles. The molecule has 1 saturated carbocycles. The fourth-order valence-electron chi connectivity index (χ4n) is 3.48. The van der Waals surface area contributed by atoms with Gasteiger partial charge in [-0.3, -0.25) is 4.99 Å². The van der Waals surface area contributed by atoms with Gasteiger partial charge in [-0.2, -0.15) is 0 Å². The molecule has 0 amide bonds. The Bertz CT molecular complexity index is 1170. The van der Waals surface area contributed by atoms with Crippen LogP contribution in [0.2, 0.25) is 0 Å². The quantitative estimate of drug-likeness (QED) is 0.721. The highest BCUT2D eigenvalue weighted by Gasteiger charge is 2.13. The maximum Gasteiger partial charge on any atom is 0.336 e. The van der Waals surface area contributed by atoms with Gasteiger partial charge in [0.05, 0.1) is 18.4 Å². The lowest BCUT2D eigenvalue weighted by molar-refractivity contribution is 0.0697. The van der Waals surface area contributed by atoms with Crippen molar-refractivity contribution in [1.29, 1.82) is 0 Å². The third-order valence-electron chi connectivity index (χ3n) is 5.60. The number of benzene rings is 2. The summed E-state index contributed by atoms with van der Waals surface area (Å²) in [6.45, 7) is 5.90. The largest absolute Gasteiger partial charge is 0.478 e. The molecule has 5 heteroatoms. The van der Waals surface area contributed by atoms with Gasteiger partial charge < -0.3 is 9.67 Å². The van der Waals surface area contributed by atoms with Crippen LogP contribution in [0.15, 0.2) is 59.9 Å². The Morgan fingerprint density at radius 2 is 1.83 bits per heavy atom. The molecule has 1 aliphatic carbocycles. The Morgan fingerprint density at radius 1 is 1.13 bits per heavy atom. The third-order valence-corrected chi connectivity index (χ3v) is 5.60. The second-order valence-corrected chi connectivity index (χ2v) is 8.19. The van der Waals surface area contributed by atoms with Crippen LogP contribution in [0.5, 0.6) is 0 Å². The van der Waals surface area contributed by atoms with Gasteiger partial charge in [-0.1, -0.05) is 62.2 Å². The predicted octanol–water partition coefficient (Wildman–Crippen LogP) is 3.91. The van der Waals surface area contributed by atoms with E-state index in [0.29, 0.717) is 12.1 Å². The number of aromatic carboxylic acids is 1. The Labute approximate surface area is 176 Å². The van der Waals surface area contributed by atoms with Crippen molar-refractivity contribution < 1.29 is 9.90 Å². The van der Waals surface area contributed by atoms with Crippen molar-refractivity contribution in [2.24, 2.45) is 10.9 Å². The minimum atomic E-state index is -0.914. The standard InChI is InChI=1S/C21H19N3O2.C4H8/c1-14-10-11-22-20-19(14)23-13-24(20)12-15-6-8-16(9-7-15)17-4-2-3-5-18(17)21(25)26;1-4-2-3-4/h2-9,13H,10-12H2,1H3,(H,25,26);4H,2-3H2,1H3. The van der Waals surface area contributed by atoms with Crippen molar-refractivity contribution in [2.45, 2.75) is 39.7 Å². The molecule has 5 nitrogen and oxygen atoms in total. The SMILES string of the molecule is CC1=c2ncn(Cc3ccc(-c4ccccc4C(=O)O)cc3)c2=NCC1.CC1CC1. The fourth-order valence-corrected chi connectivity index (χ4v) is 3.48. The van der Waals surface area contributed by atoms with Crippen LogP contribution < -0.4 is 10.8 Å². The van der Waals surface area contributed by atoms with E-state index in [0.717, 1.165) is 46.4 Å². The highest BCUT2D eigenvalue weighted by molar-refractivity contribution is 5.95. The fraction of sp³-hybridized carbons (Fsp3) is 0.320. The Morgan fingerprint density at radius 3 is 2.50 bits per heavy atom. The minimum Gasteiger partial charge on any atom is -0.478 e. The summed E-state index contributed by atoms with van der Waals surface area (Å²) in [4.78, 5) is 20.5. The molecule has 1 aromatic heterocycles. The van der Waals surface area contributed by atoms with Crippen molar-refractivity contribution in [3.05, 3.63) is 76.8 Å². The van der Waals surface area contributed by atoms with Crippen molar-refractivity contribution in [1.82, 2.24) is 9.55 Å². The van der Waals surface area contributed by atoms with Crippen LogP contribution in [-0.4, -0.2) is 27.2 Å². The normalized spacial score (nSPS) is 14.9. The lowest BCUT2D eigenvalue weighted by atomic mass is 9.99. The molecular formula is C25H27N3O2. The number of hydrogen-bond acceptors (Lipinski definition) is 3. The molecule has 1 fully saturated rings. The molecule has 1 N–H and O–H groups in total. The smallest absolute Gasteiger partial charge is 0.336 e. The van der Waals surface area contributed by atoms with Crippen LogP contribution in [0.4, 0.5) is 0 Å². The maximum atomic E-state index is 11.4. The van der Waals surface area contributed by atoms with Gasteiger partial charge >= 0.3 is 5.97 Å². The zero-order valence-corrected chi connectivity index (χ0v) is 17.5. The number of imidazole rings is 1. The topological polar surface area (TPSA) is 67.5 Å². The average Bonchev–Trinajstić information content (AvgIpc) is 3.43. The Balaban J connectivity index is 0.000000489. The number of aromatic nitrogens is 2. The number of nitrogens with zero attached hydrogens (tertiary/aromatic N) is 3. The number of carbonyl (C=O) groups is 1. The molecule has 2 aliphatic rings. The van der Waals surface area contributed by atoms with Crippen LogP contribution in [0.25, 0.3) is 16.7 Å². The number of fused-ring (bicyclic) bond motifs is 1. The first kappa shape index (κ1) is 20.1. The lowest BCUT2D eigenvalue weighted by Crippen LogP contribution is -2.35. The van der Waals surface area contributed by atoms with Crippen LogP contribution in [0.1, 0.15) is 49.0 Å². The maximum absolute atomic E-state index is 11.4. The predicted molar refractivity (Wildman–Crippen MR) is 118 cm³/mol. The second kappa shape index (κ2) is 8.66. The van der Waals surface area contributed by atoms with E-state index in [4.69, 9.17) is 0 Å². The van der Waals surface area contributed by atoms with Gasteiger partial charge in [0.25, 0.3) is 0 Å². The molecule has 3 aromatic rings. The lowest BCUT2D eigenvalue weighted by Gasteiger charge is -2.09. The van der Waals surface area contributed by atoms with Crippen molar-refractivity contribution >= 4 is 11.5 Å². The summed E-state index contributed by atoms with van der Waals surface area (Å²) >= 11 is 0. The van der Waals surface area contributed by atoms with E-state index in [9.17, 15) is 9.90 Å². The molecular weight excluding hydrogens is 374 g/mol. The number of carboxylic acid groups (broad SMARTS) is 1. The minimum absolute atomic E-state index is 0.314. The van der Waals surface area contributed by atoms with Gasteiger partial charge in [0.15, 0.2) is 5.49 Å². The molecule has 1 aliphatic heterocycles. The monoisotopic (exact) mass is 401 g/mol. The van der Waals surface area contributed by atoms with E-state index in [-0.39, 0.29) is 0 Å². The summed E-state index contributed by atoms with van der Waals surface area (Å²) in [6.07, 6.45) is 5.79. The molecule has 2 heterocycles. The summed E-state index contributed by atoms with van der Waals surface area (Å²) in [5.41, 5.74) is 5.30. The summed E-state index contributed by atoms with van der Waals surface area (Å²) < 4.78 is 2.07.